The second kappa shape index (κ2) is 5.50. The largest absolute Gasteiger partial charge is 0.477 e. The van der Waals surface area contributed by atoms with Gasteiger partial charge >= 0.3 is 5.97 Å². The Kier molecular flexibility index (Phi) is 3.96. The Bertz CT molecular complexity index is 583. The highest BCUT2D eigenvalue weighted by Gasteiger charge is 2.19. The summed E-state index contributed by atoms with van der Waals surface area (Å²) in [5.41, 5.74) is 2.22. The van der Waals surface area contributed by atoms with Crippen LogP contribution in [0.25, 0.3) is 0 Å². The molecule has 0 radical (unpaired) electrons. The third-order valence-corrected chi connectivity index (χ3v) is 3.81. The number of rotatable bonds is 5. The average molecular weight is 282 g/mol. The summed E-state index contributed by atoms with van der Waals surface area (Å²) in [6.07, 6.45) is 0.524. The van der Waals surface area contributed by atoms with Gasteiger partial charge in [-0.2, -0.15) is 0 Å². The topological polar surface area (TPSA) is 85.5 Å². The van der Waals surface area contributed by atoms with E-state index in [0.717, 1.165) is 33.4 Å². The summed E-state index contributed by atoms with van der Waals surface area (Å²) < 4.78 is 10.1. The number of carbonyl (C=O) groups is 1. The summed E-state index contributed by atoms with van der Waals surface area (Å²) in [5, 5.41) is 13.7. The van der Waals surface area contributed by atoms with E-state index in [2.05, 4.69) is 10.1 Å². The van der Waals surface area contributed by atoms with Crippen molar-refractivity contribution in [3.8, 4) is 0 Å². The van der Waals surface area contributed by atoms with Gasteiger partial charge in [0.25, 0.3) is 0 Å². The number of thiazole rings is 1. The number of carboxylic acids is 1. The first-order valence-electron chi connectivity index (χ1n) is 5.65. The molecule has 0 bridgehead atoms. The van der Waals surface area contributed by atoms with Gasteiger partial charge in [-0.05, 0) is 13.8 Å². The monoisotopic (exact) mass is 282 g/mol. The van der Waals surface area contributed by atoms with Gasteiger partial charge in [-0.25, -0.2) is 9.78 Å². The van der Waals surface area contributed by atoms with E-state index < -0.39 is 5.97 Å². The number of ether oxygens (including phenoxy) is 1. The van der Waals surface area contributed by atoms with E-state index in [9.17, 15) is 4.79 Å². The molecular weight excluding hydrogens is 268 g/mol. The molecule has 2 rings (SSSR count). The summed E-state index contributed by atoms with van der Waals surface area (Å²) in [5.74, 6) is -0.243. The summed E-state index contributed by atoms with van der Waals surface area (Å²) >= 11 is 1.16. The fourth-order valence-electron chi connectivity index (χ4n) is 1.78. The van der Waals surface area contributed by atoms with Crippen LogP contribution in [0.3, 0.4) is 0 Å². The molecule has 19 heavy (non-hydrogen) atoms. The van der Waals surface area contributed by atoms with Gasteiger partial charge in [0.1, 0.15) is 10.6 Å². The van der Waals surface area contributed by atoms with Gasteiger partial charge in [-0.1, -0.05) is 5.16 Å². The van der Waals surface area contributed by atoms with E-state index in [0.29, 0.717) is 12.1 Å². The fourth-order valence-corrected chi connectivity index (χ4v) is 2.70. The maximum atomic E-state index is 11.1. The molecule has 2 aromatic rings. The lowest BCUT2D eigenvalue weighted by molar-refractivity contribution is 0.0697. The Hall–Kier alpha value is -1.73. The molecule has 0 saturated carbocycles. The van der Waals surface area contributed by atoms with Crippen molar-refractivity contribution in [2.24, 2.45) is 0 Å². The van der Waals surface area contributed by atoms with Gasteiger partial charge in [-0.15, -0.1) is 11.3 Å². The number of aromatic carboxylic acids is 1. The van der Waals surface area contributed by atoms with Gasteiger partial charge in [0.2, 0.25) is 0 Å². The molecule has 6 nitrogen and oxygen atoms in total. The molecular formula is C12H14N2O4S. The highest BCUT2D eigenvalue weighted by molar-refractivity contribution is 7.13. The van der Waals surface area contributed by atoms with E-state index in [-0.39, 0.29) is 11.5 Å². The van der Waals surface area contributed by atoms with Gasteiger partial charge in [-0.3, -0.25) is 0 Å². The Labute approximate surface area is 114 Å². The van der Waals surface area contributed by atoms with Crippen LogP contribution in [0.15, 0.2) is 4.52 Å². The van der Waals surface area contributed by atoms with Crippen molar-refractivity contribution >= 4 is 17.3 Å². The number of hydrogen-bond donors (Lipinski definition) is 1. The Morgan fingerprint density at radius 3 is 2.74 bits per heavy atom. The van der Waals surface area contributed by atoms with Gasteiger partial charge in [0.05, 0.1) is 23.0 Å². The second-order valence-electron chi connectivity index (χ2n) is 4.10. The van der Waals surface area contributed by atoms with Crippen LogP contribution in [0.5, 0.6) is 0 Å². The van der Waals surface area contributed by atoms with Crippen LogP contribution in [-0.4, -0.2) is 28.3 Å². The van der Waals surface area contributed by atoms with Crippen molar-refractivity contribution in [1.29, 1.82) is 0 Å². The zero-order valence-corrected chi connectivity index (χ0v) is 11.7. The van der Waals surface area contributed by atoms with Crippen molar-refractivity contribution in [2.75, 3.05) is 7.11 Å². The number of aromatic nitrogens is 2. The minimum absolute atomic E-state index is 0.194. The SMILES string of the molecule is COCc1nc(Cc2c(C)noc2C)sc1C(=O)O. The van der Waals surface area contributed by atoms with Crippen molar-refractivity contribution in [2.45, 2.75) is 26.9 Å². The van der Waals surface area contributed by atoms with E-state index in [1.54, 1.807) is 0 Å². The molecule has 102 valence electrons. The third kappa shape index (κ3) is 2.82. The van der Waals surface area contributed by atoms with Crippen molar-refractivity contribution < 1.29 is 19.2 Å². The van der Waals surface area contributed by atoms with E-state index >= 15 is 0 Å². The molecule has 0 aromatic carbocycles. The summed E-state index contributed by atoms with van der Waals surface area (Å²) in [7, 11) is 1.51. The highest BCUT2D eigenvalue weighted by Crippen LogP contribution is 2.24. The Morgan fingerprint density at radius 2 is 2.21 bits per heavy atom. The number of carboxylic acid groups (broad SMARTS) is 1. The fraction of sp³-hybridized carbons (Fsp3) is 0.417. The number of hydrogen-bond acceptors (Lipinski definition) is 6. The maximum Gasteiger partial charge on any atom is 0.347 e. The zero-order valence-electron chi connectivity index (χ0n) is 10.9. The molecule has 2 heterocycles. The molecule has 7 heteroatoms. The number of aryl methyl sites for hydroxylation is 2. The molecule has 0 fully saturated rings. The van der Waals surface area contributed by atoms with Crippen molar-refractivity contribution in [3.05, 3.63) is 32.6 Å². The van der Waals surface area contributed by atoms with E-state index in [1.165, 1.54) is 7.11 Å². The van der Waals surface area contributed by atoms with Crippen LogP contribution in [0.2, 0.25) is 0 Å². The van der Waals surface area contributed by atoms with Crippen molar-refractivity contribution in [1.82, 2.24) is 10.1 Å². The smallest absolute Gasteiger partial charge is 0.347 e. The minimum Gasteiger partial charge on any atom is -0.477 e. The van der Waals surface area contributed by atoms with Crippen LogP contribution < -0.4 is 0 Å². The van der Waals surface area contributed by atoms with E-state index in [1.807, 2.05) is 13.8 Å². The highest BCUT2D eigenvalue weighted by atomic mass is 32.1. The second-order valence-corrected chi connectivity index (χ2v) is 5.18. The first kappa shape index (κ1) is 13.7. The van der Waals surface area contributed by atoms with Gasteiger partial charge < -0.3 is 14.4 Å². The van der Waals surface area contributed by atoms with Gasteiger partial charge in [0.15, 0.2) is 0 Å². The average Bonchev–Trinajstić information content (AvgIpc) is 2.88. The molecule has 0 spiro atoms. The lowest BCUT2D eigenvalue weighted by atomic mass is 10.1. The molecule has 2 aromatic heterocycles. The first-order valence-corrected chi connectivity index (χ1v) is 6.47. The first-order chi connectivity index (χ1) is 9.02. The molecule has 0 unspecified atom stereocenters. The molecule has 0 saturated heterocycles. The predicted molar refractivity (Wildman–Crippen MR) is 68.6 cm³/mol. The Morgan fingerprint density at radius 1 is 1.47 bits per heavy atom. The van der Waals surface area contributed by atoms with Crippen LogP contribution in [0, 0.1) is 13.8 Å². The van der Waals surface area contributed by atoms with Crippen LogP contribution in [0.1, 0.15) is 37.4 Å². The quantitative estimate of drug-likeness (QED) is 0.904. The lowest BCUT2D eigenvalue weighted by Crippen LogP contribution is -1.99. The Balaban J connectivity index is 2.31. The van der Waals surface area contributed by atoms with Crippen LogP contribution >= 0.6 is 11.3 Å². The summed E-state index contributed by atoms with van der Waals surface area (Å²) in [4.78, 5) is 15.7. The van der Waals surface area contributed by atoms with Crippen LogP contribution in [-0.2, 0) is 17.8 Å². The third-order valence-electron chi connectivity index (χ3n) is 2.73. The molecule has 1 N–H and O–H groups in total. The number of nitrogens with zero attached hydrogens (tertiary/aromatic N) is 2. The molecule has 0 aliphatic carbocycles. The minimum atomic E-state index is -0.977. The number of methoxy groups -OCH3 is 1. The predicted octanol–water partition coefficient (Wildman–Crippen LogP) is 2.18. The van der Waals surface area contributed by atoms with Crippen molar-refractivity contribution in [3.63, 3.8) is 0 Å². The molecule has 0 amide bonds. The molecule has 0 aliphatic heterocycles. The van der Waals surface area contributed by atoms with Crippen LogP contribution in [0.4, 0.5) is 0 Å². The summed E-state index contributed by atoms with van der Waals surface area (Å²) in [6.45, 7) is 3.88. The normalized spacial score (nSPS) is 10.9. The van der Waals surface area contributed by atoms with Gasteiger partial charge in [0, 0.05) is 19.1 Å². The zero-order chi connectivity index (χ0) is 14.0. The van der Waals surface area contributed by atoms with E-state index in [4.69, 9.17) is 14.4 Å². The summed E-state index contributed by atoms with van der Waals surface area (Å²) in [6, 6.07) is 0. The standard InChI is InChI=1S/C12H14N2O4S/c1-6-8(7(2)18-14-6)4-10-13-9(5-17-3)11(19-10)12(15)16/h4-5H2,1-3H3,(H,15,16). The lowest BCUT2D eigenvalue weighted by Gasteiger charge is -1.95. The maximum absolute atomic E-state index is 11.1. The molecule has 0 aliphatic rings. The molecule has 0 atom stereocenters.